The minimum Gasteiger partial charge on any atom is -0.309 e. The molecule has 0 aliphatic rings. The Hall–Kier alpha value is -6.94. The first kappa shape index (κ1) is 30.5. The predicted molar refractivity (Wildman–Crippen MR) is 236 cm³/mol. The van der Waals surface area contributed by atoms with Crippen LogP contribution in [0.3, 0.4) is 0 Å². The molecule has 0 bridgehead atoms. The number of aromatic nitrogens is 2. The van der Waals surface area contributed by atoms with Crippen LogP contribution in [0.25, 0.3) is 108 Å². The maximum absolute atomic E-state index is 2.47. The maximum Gasteiger partial charge on any atom is 0.0546 e. The Balaban J connectivity index is 1.04. The van der Waals surface area contributed by atoms with Gasteiger partial charge in [-0.05, 0) is 94.4 Å². The van der Waals surface area contributed by atoms with Gasteiger partial charge >= 0.3 is 0 Å². The second-order valence-electron chi connectivity index (χ2n) is 14.5. The Labute approximate surface area is 321 Å². The van der Waals surface area contributed by atoms with Crippen LogP contribution in [0.2, 0.25) is 0 Å². The van der Waals surface area contributed by atoms with Crippen LogP contribution in [0, 0.1) is 0 Å². The van der Waals surface area contributed by atoms with Gasteiger partial charge in [0, 0.05) is 52.8 Å². The molecule has 0 spiro atoms. The highest BCUT2D eigenvalue weighted by Gasteiger charge is 2.18. The van der Waals surface area contributed by atoms with E-state index in [0.29, 0.717) is 0 Å². The fraction of sp³-hybridized carbons (Fsp3) is 0. The number of nitrogens with zero attached hydrogens (tertiary/aromatic N) is 2. The topological polar surface area (TPSA) is 9.86 Å². The lowest BCUT2D eigenvalue weighted by atomic mass is 9.99. The summed E-state index contributed by atoms with van der Waals surface area (Å²) in [6.07, 6.45) is 0. The molecule has 0 radical (unpaired) electrons. The van der Waals surface area contributed by atoms with Gasteiger partial charge in [-0.3, -0.25) is 0 Å². The molecule has 0 atom stereocenters. The fourth-order valence-electron chi connectivity index (χ4n) is 8.97. The Morgan fingerprint density at radius 3 is 1.60 bits per heavy atom. The zero-order valence-electron chi connectivity index (χ0n) is 29.8. The Morgan fingerprint density at radius 2 is 0.855 bits per heavy atom. The zero-order valence-corrected chi connectivity index (χ0v) is 30.6. The largest absolute Gasteiger partial charge is 0.309 e. The van der Waals surface area contributed by atoms with E-state index in [9.17, 15) is 0 Å². The molecule has 0 saturated heterocycles. The summed E-state index contributed by atoms with van der Waals surface area (Å²) in [6, 6.07) is 71.5. The Bertz CT molecular complexity index is 3490. The molecule has 12 rings (SSSR count). The summed E-state index contributed by atoms with van der Waals surface area (Å²) in [5.74, 6) is 0. The number of benzene rings is 9. The van der Waals surface area contributed by atoms with Gasteiger partial charge in [0.05, 0.1) is 27.8 Å². The number of fused-ring (bicyclic) bond motifs is 10. The molecule has 0 amide bonds. The SMILES string of the molecule is c1ccc(-c2cc(-n3c4ccccc4c4cc(-c5ccc6c(c5)c5ccccc5n6-c5ccc6c(c5)sc5ccccc56)ccc43)c3ccccc3c2)cc1. The molecule has 12 aromatic rings. The lowest BCUT2D eigenvalue weighted by Crippen LogP contribution is -1.96. The molecule has 0 N–H and O–H groups in total. The Morgan fingerprint density at radius 1 is 0.291 bits per heavy atom. The lowest BCUT2D eigenvalue weighted by Gasteiger charge is -2.15. The first-order valence-corrected chi connectivity index (χ1v) is 19.7. The van der Waals surface area contributed by atoms with Gasteiger partial charge in [-0.1, -0.05) is 127 Å². The molecule has 0 saturated carbocycles. The molecule has 0 fully saturated rings. The van der Waals surface area contributed by atoms with Gasteiger partial charge in [-0.25, -0.2) is 0 Å². The highest BCUT2D eigenvalue weighted by Crippen LogP contribution is 2.41. The molecule has 9 aromatic carbocycles. The van der Waals surface area contributed by atoms with Crippen molar-refractivity contribution in [3.63, 3.8) is 0 Å². The number of rotatable bonds is 4. The van der Waals surface area contributed by atoms with E-state index in [4.69, 9.17) is 0 Å². The van der Waals surface area contributed by atoms with E-state index in [-0.39, 0.29) is 0 Å². The third kappa shape index (κ3) is 4.60. The number of para-hydroxylation sites is 2. The van der Waals surface area contributed by atoms with Crippen molar-refractivity contribution in [2.45, 2.75) is 0 Å². The highest BCUT2D eigenvalue weighted by molar-refractivity contribution is 7.25. The van der Waals surface area contributed by atoms with Crippen LogP contribution < -0.4 is 0 Å². The summed E-state index contributed by atoms with van der Waals surface area (Å²) >= 11 is 1.87. The van der Waals surface area contributed by atoms with Gasteiger partial charge in [0.1, 0.15) is 0 Å². The third-order valence-corrected chi connectivity index (χ3v) is 12.6. The van der Waals surface area contributed by atoms with Crippen LogP contribution in [-0.4, -0.2) is 9.13 Å². The zero-order chi connectivity index (χ0) is 36.0. The van der Waals surface area contributed by atoms with Gasteiger partial charge in [0.25, 0.3) is 0 Å². The van der Waals surface area contributed by atoms with Crippen molar-refractivity contribution >= 4 is 85.9 Å². The van der Waals surface area contributed by atoms with E-state index in [2.05, 4.69) is 203 Å². The molecule has 55 heavy (non-hydrogen) atoms. The summed E-state index contributed by atoms with van der Waals surface area (Å²) in [5, 5.41) is 10.1. The average molecular weight is 717 g/mol. The minimum atomic E-state index is 1.19. The summed E-state index contributed by atoms with van der Waals surface area (Å²) in [5.41, 5.74) is 12.1. The molecule has 3 heterocycles. The van der Waals surface area contributed by atoms with Crippen LogP contribution >= 0.6 is 11.3 Å². The summed E-state index contributed by atoms with van der Waals surface area (Å²) in [6.45, 7) is 0. The molecule has 0 unspecified atom stereocenters. The molecule has 3 heteroatoms. The van der Waals surface area contributed by atoms with Gasteiger partial charge in [-0.15, -0.1) is 11.3 Å². The van der Waals surface area contributed by atoms with Crippen molar-refractivity contribution in [2.24, 2.45) is 0 Å². The highest BCUT2D eigenvalue weighted by atomic mass is 32.1. The van der Waals surface area contributed by atoms with Crippen molar-refractivity contribution in [3.8, 4) is 33.6 Å². The molecule has 3 aromatic heterocycles. The van der Waals surface area contributed by atoms with E-state index >= 15 is 0 Å². The number of hydrogen-bond donors (Lipinski definition) is 0. The smallest absolute Gasteiger partial charge is 0.0546 e. The van der Waals surface area contributed by atoms with E-state index in [1.807, 2.05) is 11.3 Å². The lowest BCUT2D eigenvalue weighted by molar-refractivity contribution is 1.19. The molecular formula is C52H32N2S. The normalized spacial score (nSPS) is 12.0. The predicted octanol–water partition coefficient (Wildman–Crippen LogP) is 14.7. The van der Waals surface area contributed by atoms with Crippen molar-refractivity contribution in [3.05, 3.63) is 194 Å². The van der Waals surface area contributed by atoms with Crippen molar-refractivity contribution in [1.82, 2.24) is 9.13 Å². The monoisotopic (exact) mass is 716 g/mol. The van der Waals surface area contributed by atoms with Crippen LogP contribution in [0.4, 0.5) is 0 Å². The first-order valence-electron chi connectivity index (χ1n) is 18.8. The van der Waals surface area contributed by atoms with Gasteiger partial charge < -0.3 is 9.13 Å². The number of thiophene rings is 1. The van der Waals surface area contributed by atoms with Crippen LogP contribution in [-0.2, 0) is 0 Å². The molecule has 2 nitrogen and oxygen atoms in total. The van der Waals surface area contributed by atoms with E-state index < -0.39 is 0 Å². The quantitative estimate of drug-likeness (QED) is 0.172. The van der Waals surface area contributed by atoms with Crippen molar-refractivity contribution in [2.75, 3.05) is 0 Å². The van der Waals surface area contributed by atoms with Crippen molar-refractivity contribution < 1.29 is 0 Å². The standard InChI is InChI=1S/C52H32N2S/c1-2-12-33(13-3-1)37-28-36-14-4-5-15-39(36)50(31-37)54-47-20-10-7-17-41(47)45-30-35(23-27-49(45)54)34-22-26-48-44(29-34)40-16-6-9-19-46(40)53(48)38-24-25-43-42-18-8-11-21-51(42)55-52(43)32-38/h1-32H. The summed E-state index contributed by atoms with van der Waals surface area (Å²) in [7, 11) is 0. The van der Waals surface area contributed by atoms with Gasteiger partial charge in [-0.2, -0.15) is 0 Å². The van der Waals surface area contributed by atoms with Gasteiger partial charge in [0.15, 0.2) is 0 Å². The first-order chi connectivity index (χ1) is 27.3. The van der Waals surface area contributed by atoms with E-state index in [1.165, 1.54) is 108 Å². The molecule has 0 aliphatic carbocycles. The maximum atomic E-state index is 2.47. The van der Waals surface area contributed by atoms with Gasteiger partial charge in [0.2, 0.25) is 0 Å². The van der Waals surface area contributed by atoms with Crippen LogP contribution in [0.1, 0.15) is 0 Å². The second kappa shape index (κ2) is 11.8. The summed E-state index contributed by atoms with van der Waals surface area (Å²) < 4.78 is 7.54. The number of hydrogen-bond acceptors (Lipinski definition) is 1. The van der Waals surface area contributed by atoms with Crippen LogP contribution in [0.5, 0.6) is 0 Å². The van der Waals surface area contributed by atoms with Crippen LogP contribution in [0.15, 0.2) is 194 Å². The average Bonchev–Trinajstić information content (AvgIpc) is 3.90. The van der Waals surface area contributed by atoms with E-state index in [1.54, 1.807) is 0 Å². The Kier molecular flexibility index (Phi) is 6.54. The third-order valence-electron chi connectivity index (χ3n) is 11.5. The summed E-state index contributed by atoms with van der Waals surface area (Å²) in [4.78, 5) is 0. The van der Waals surface area contributed by atoms with E-state index in [0.717, 1.165) is 0 Å². The molecule has 256 valence electrons. The molecular weight excluding hydrogens is 685 g/mol. The fourth-order valence-corrected chi connectivity index (χ4v) is 10.1. The minimum absolute atomic E-state index is 1.19. The molecule has 0 aliphatic heterocycles. The second-order valence-corrected chi connectivity index (χ2v) is 15.6. The van der Waals surface area contributed by atoms with Crippen molar-refractivity contribution in [1.29, 1.82) is 0 Å².